The molecule has 7 heteroatoms. The van der Waals surface area contributed by atoms with E-state index in [0.29, 0.717) is 11.3 Å². The van der Waals surface area contributed by atoms with Crippen LogP contribution in [-0.4, -0.2) is 29.6 Å². The summed E-state index contributed by atoms with van der Waals surface area (Å²) >= 11 is 0. The first-order valence-electron chi connectivity index (χ1n) is 4.32. The minimum atomic E-state index is -0.376. The van der Waals surface area contributed by atoms with Crippen molar-refractivity contribution in [3.8, 4) is 11.5 Å². The lowest BCUT2D eigenvalue weighted by Gasteiger charge is -2.05. The number of para-hydroxylation sites is 1. The predicted octanol–water partition coefficient (Wildman–Crippen LogP) is 0.238. The van der Waals surface area contributed by atoms with Crippen LogP contribution in [0.15, 0.2) is 23.3 Å². The van der Waals surface area contributed by atoms with Crippen LogP contribution >= 0.6 is 0 Å². The van der Waals surface area contributed by atoms with Crippen LogP contribution in [0.4, 0.5) is 0 Å². The predicted molar refractivity (Wildman–Crippen MR) is 58.0 cm³/mol. The molecule has 0 fully saturated rings. The molecule has 0 radical (unpaired) electrons. The van der Waals surface area contributed by atoms with Gasteiger partial charge in [0.2, 0.25) is 5.96 Å². The molecule has 0 aromatic heterocycles. The molecule has 0 unspecified atom stereocenters. The van der Waals surface area contributed by atoms with Gasteiger partial charge in [0.15, 0.2) is 11.5 Å². The Balaban J connectivity index is 2.77. The van der Waals surface area contributed by atoms with Gasteiger partial charge >= 0.3 is 0 Å². The van der Waals surface area contributed by atoms with Crippen molar-refractivity contribution in [2.75, 3.05) is 7.11 Å². The van der Waals surface area contributed by atoms with Gasteiger partial charge in [-0.25, -0.2) is 10.9 Å². The zero-order valence-electron chi connectivity index (χ0n) is 8.56. The Morgan fingerprint density at radius 2 is 2.31 bits per heavy atom. The van der Waals surface area contributed by atoms with Crippen LogP contribution in [-0.2, 0) is 0 Å². The molecule has 0 atom stereocenters. The largest absolute Gasteiger partial charge is 0.504 e. The minimum Gasteiger partial charge on any atom is -0.504 e. The van der Waals surface area contributed by atoms with Gasteiger partial charge in [-0.15, -0.1) is 0 Å². The number of phenolic OH excluding ortho intramolecular Hbond substituents is 1. The van der Waals surface area contributed by atoms with Gasteiger partial charge in [0.1, 0.15) is 0 Å². The lowest BCUT2D eigenvalue weighted by atomic mass is 10.2. The van der Waals surface area contributed by atoms with Gasteiger partial charge in [-0.2, -0.15) is 5.10 Å². The number of nitrogens with zero attached hydrogens (tertiary/aromatic N) is 1. The lowest BCUT2D eigenvalue weighted by Crippen LogP contribution is -2.30. The summed E-state index contributed by atoms with van der Waals surface area (Å²) in [5.41, 5.74) is 4.17. The number of guanidine groups is 1. The second-order valence-corrected chi connectivity index (χ2v) is 2.75. The fourth-order valence-electron chi connectivity index (χ4n) is 1.000. The molecule has 0 aliphatic carbocycles. The maximum atomic E-state index is 9.65. The number of hydrogen-bond acceptors (Lipinski definition) is 5. The fraction of sp³-hybridized carbons (Fsp3) is 0.111. The highest BCUT2D eigenvalue weighted by molar-refractivity contribution is 5.86. The van der Waals surface area contributed by atoms with E-state index in [2.05, 4.69) is 10.5 Å². The molecule has 0 aliphatic rings. The molecule has 5 N–H and O–H groups in total. The molecule has 1 aromatic rings. The smallest absolute Gasteiger partial charge is 0.233 e. The van der Waals surface area contributed by atoms with Gasteiger partial charge in [-0.1, -0.05) is 6.07 Å². The van der Waals surface area contributed by atoms with Crippen molar-refractivity contribution in [3.05, 3.63) is 23.8 Å². The summed E-state index contributed by atoms with van der Waals surface area (Å²) in [6.45, 7) is 0. The standard InChI is InChI=1S/C9H12N4O3/c1-16-7-4-2-3-6(8(7)14)5-11-12-9(10)13-15/h2-5,14-15H,1H3,(H3,10,12,13)/b11-5+. The van der Waals surface area contributed by atoms with E-state index in [1.54, 1.807) is 23.7 Å². The van der Waals surface area contributed by atoms with E-state index in [0.717, 1.165) is 0 Å². The highest BCUT2D eigenvalue weighted by Crippen LogP contribution is 2.27. The van der Waals surface area contributed by atoms with E-state index >= 15 is 0 Å². The number of rotatable bonds is 3. The van der Waals surface area contributed by atoms with E-state index in [4.69, 9.17) is 15.4 Å². The molecule has 86 valence electrons. The third-order valence-electron chi connectivity index (χ3n) is 1.74. The minimum absolute atomic E-state index is 0.0426. The van der Waals surface area contributed by atoms with Crippen LogP contribution < -0.4 is 15.6 Å². The van der Waals surface area contributed by atoms with Gasteiger partial charge in [0.05, 0.1) is 13.3 Å². The van der Waals surface area contributed by atoms with E-state index in [1.807, 2.05) is 0 Å². The molecule has 1 aromatic carbocycles. The Morgan fingerprint density at radius 3 is 2.94 bits per heavy atom. The SMILES string of the molecule is COc1cccc(/C=N/NC(=N)NO)c1O. The molecule has 0 heterocycles. The highest BCUT2D eigenvalue weighted by atomic mass is 16.5. The molecular formula is C9H12N4O3. The number of ether oxygens (including phenoxy) is 1. The normalized spacial score (nSPS) is 10.1. The molecule has 16 heavy (non-hydrogen) atoms. The first kappa shape index (κ1) is 11.8. The number of phenols is 1. The second kappa shape index (κ2) is 5.56. The first-order valence-corrected chi connectivity index (χ1v) is 4.32. The van der Waals surface area contributed by atoms with Crippen molar-refractivity contribution >= 4 is 12.2 Å². The average molecular weight is 224 g/mol. The van der Waals surface area contributed by atoms with Gasteiger partial charge in [0, 0.05) is 5.56 Å². The van der Waals surface area contributed by atoms with Crippen molar-refractivity contribution in [2.24, 2.45) is 5.10 Å². The maximum absolute atomic E-state index is 9.65. The summed E-state index contributed by atoms with van der Waals surface area (Å²) in [6, 6.07) is 4.92. The van der Waals surface area contributed by atoms with E-state index in [1.165, 1.54) is 13.3 Å². The molecule has 1 rings (SSSR count). The Labute approximate surface area is 91.8 Å². The molecule has 0 bridgehead atoms. The quantitative estimate of drug-likeness (QED) is 0.287. The number of hydrogen-bond donors (Lipinski definition) is 5. The topological polar surface area (TPSA) is 110 Å². The van der Waals surface area contributed by atoms with Crippen LogP contribution in [0.25, 0.3) is 0 Å². The van der Waals surface area contributed by atoms with Crippen LogP contribution in [0.1, 0.15) is 5.56 Å². The van der Waals surface area contributed by atoms with Gasteiger partial charge < -0.3 is 9.84 Å². The summed E-state index contributed by atoms with van der Waals surface area (Å²) < 4.78 is 4.91. The molecule has 0 spiro atoms. The number of benzene rings is 1. The van der Waals surface area contributed by atoms with Crippen LogP contribution in [0, 0.1) is 5.41 Å². The molecule has 7 nitrogen and oxygen atoms in total. The van der Waals surface area contributed by atoms with E-state index < -0.39 is 0 Å². The molecule has 0 aliphatic heterocycles. The van der Waals surface area contributed by atoms with E-state index in [-0.39, 0.29) is 11.7 Å². The van der Waals surface area contributed by atoms with Crippen LogP contribution in [0.2, 0.25) is 0 Å². The van der Waals surface area contributed by atoms with Gasteiger partial charge in [-0.05, 0) is 12.1 Å². The monoisotopic (exact) mass is 224 g/mol. The number of hydroxylamine groups is 1. The third kappa shape index (κ3) is 2.85. The van der Waals surface area contributed by atoms with E-state index in [9.17, 15) is 5.11 Å². The summed E-state index contributed by atoms with van der Waals surface area (Å²) in [7, 11) is 1.44. The Kier molecular flexibility index (Phi) is 4.10. The van der Waals surface area contributed by atoms with Crippen molar-refractivity contribution < 1.29 is 15.1 Å². The number of methoxy groups -OCH3 is 1. The van der Waals surface area contributed by atoms with Crippen molar-refractivity contribution in [2.45, 2.75) is 0 Å². The zero-order valence-corrected chi connectivity index (χ0v) is 8.56. The van der Waals surface area contributed by atoms with Crippen LogP contribution in [0.5, 0.6) is 11.5 Å². The summed E-state index contributed by atoms with van der Waals surface area (Å²) in [5.74, 6) is -0.0861. The van der Waals surface area contributed by atoms with Crippen molar-refractivity contribution in [3.63, 3.8) is 0 Å². The van der Waals surface area contributed by atoms with Crippen molar-refractivity contribution in [1.82, 2.24) is 10.9 Å². The van der Waals surface area contributed by atoms with Gasteiger partial charge in [-0.3, -0.25) is 10.6 Å². The number of aromatic hydroxyl groups is 1. The van der Waals surface area contributed by atoms with Crippen LogP contribution in [0.3, 0.4) is 0 Å². The molecule has 0 saturated heterocycles. The Bertz CT molecular complexity index is 406. The lowest BCUT2D eigenvalue weighted by molar-refractivity contribution is 0.228. The summed E-state index contributed by atoms with van der Waals surface area (Å²) in [6.07, 6.45) is 1.30. The summed E-state index contributed by atoms with van der Waals surface area (Å²) in [5, 5.41) is 28.5. The number of nitrogens with one attached hydrogen (secondary N) is 3. The first-order chi connectivity index (χ1) is 7.69. The number of hydrazone groups is 1. The van der Waals surface area contributed by atoms with Crippen molar-refractivity contribution in [1.29, 1.82) is 5.41 Å². The summed E-state index contributed by atoms with van der Waals surface area (Å²) in [4.78, 5) is 0. The molecular weight excluding hydrogens is 212 g/mol. The van der Waals surface area contributed by atoms with Gasteiger partial charge in [0.25, 0.3) is 0 Å². The Hall–Kier alpha value is -2.28. The average Bonchev–Trinajstić information content (AvgIpc) is 2.31. The Morgan fingerprint density at radius 1 is 1.56 bits per heavy atom. The highest BCUT2D eigenvalue weighted by Gasteiger charge is 2.04. The maximum Gasteiger partial charge on any atom is 0.233 e. The zero-order chi connectivity index (χ0) is 12.0. The molecule has 0 saturated carbocycles. The molecule has 0 amide bonds. The second-order valence-electron chi connectivity index (χ2n) is 2.75. The third-order valence-corrected chi connectivity index (χ3v) is 1.74. The fourth-order valence-corrected chi connectivity index (χ4v) is 1.000.